The molecule has 4 N–H and O–H groups in total. The van der Waals surface area contributed by atoms with Crippen molar-refractivity contribution < 1.29 is 23.1 Å². The number of amides is 2. The number of carbonyl (C=O) groups excluding carboxylic acids is 1. The Kier molecular flexibility index (Phi) is 7.87. The molecule has 32 heavy (non-hydrogen) atoms. The Morgan fingerprint density at radius 1 is 1.09 bits per heavy atom. The molecule has 0 unspecified atom stereocenters. The predicted molar refractivity (Wildman–Crippen MR) is 124 cm³/mol. The van der Waals surface area contributed by atoms with Crippen molar-refractivity contribution >= 4 is 27.7 Å². The molecule has 0 spiro atoms. The van der Waals surface area contributed by atoms with E-state index in [0.717, 1.165) is 24.0 Å². The molecule has 172 valence electrons. The fourth-order valence-electron chi connectivity index (χ4n) is 3.22. The van der Waals surface area contributed by atoms with E-state index in [1.165, 1.54) is 0 Å². The number of hydrogen-bond acceptors (Lipinski definition) is 4. The van der Waals surface area contributed by atoms with Gasteiger partial charge in [0.25, 0.3) is 0 Å². The SMILES string of the molecule is CCCCS(=O)(=O)N[C@@H](Cc1ccc(-c2cccc(NC(=O)NC3CC3)c2)cc1)C(=O)O. The minimum absolute atomic E-state index is 0.0455. The molecule has 1 fully saturated rings. The van der Waals surface area contributed by atoms with Gasteiger partial charge in [-0.15, -0.1) is 0 Å². The molecule has 1 aliphatic rings. The van der Waals surface area contributed by atoms with Crippen molar-refractivity contribution in [3.8, 4) is 11.1 Å². The fourth-order valence-corrected chi connectivity index (χ4v) is 4.62. The molecule has 2 aromatic rings. The smallest absolute Gasteiger partial charge is 0.322 e. The number of carboxylic acid groups (broad SMARTS) is 1. The number of rotatable bonds is 11. The van der Waals surface area contributed by atoms with E-state index in [1.807, 2.05) is 43.3 Å². The number of benzene rings is 2. The predicted octanol–water partition coefficient (Wildman–Crippen LogP) is 3.35. The maximum Gasteiger partial charge on any atom is 0.322 e. The summed E-state index contributed by atoms with van der Waals surface area (Å²) in [7, 11) is -3.65. The lowest BCUT2D eigenvalue weighted by Crippen LogP contribution is -2.43. The molecule has 0 radical (unpaired) electrons. The number of carbonyl (C=O) groups is 2. The second-order valence-corrected chi connectivity index (χ2v) is 9.91. The van der Waals surface area contributed by atoms with Crippen LogP contribution in [-0.4, -0.2) is 43.4 Å². The van der Waals surface area contributed by atoms with Gasteiger partial charge in [-0.3, -0.25) is 4.79 Å². The highest BCUT2D eigenvalue weighted by atomic mass is 32.2. The average molecular weight is 460 g/mol. The standard InChI is InChI=1S/C23H29N3O5S/c1-2-3-13-32(30,31)26-21(22(27)28)14-16-7-9-17(10-8-16)18-5-4-6-20(15-18)25-23(29)24-19-11-12-19/h4-10,15,19,21,26H,2-3,11-14H2,1H3,(H,27,28)(H2,24,25,29)/t21-/m0/s1. The number of aliphatic carboxylic acids is 1. The van der Waals surface area contributed by atoms with Gasteiger partial charge >= 0.3 is 12.0 Å². The van der Waals surface area contributed by atoms with Gasteiger partial charge in [0, 0.05) is 11.7 Å². The molecule has 3 rings (SSSR count). The normalized spacial score (nSPS) is 14.5. The van der Waals surface area contributed by atoms with Crippen LogP contribution < -0.4 is 15.4 Å². The molecule has 0 saturated heterocycles. The van der Waals surface area contributed by atoms with Gasteiger partial charge in [0.05, 0.1) is 5.75 Å². The molecule has 1 aliphatic carbocycles. The summed E-state index contributed by atoms with van der Waals surface area (Å²) in [6.07, 6.45) is 3.27. The lowest BCUT2D eigenvalue weighted by Gasteiger charge is -2.15. The first kappa shape index (κ1) is 23.7. The van der Waals surface area contributed by atoms with E-state index in [2.05, 4.69) is 15.4 Å². The monoisotopic (exact) mass is 459 g/mol. The Balaban J connectivity index is 1.65. The largest absolute Gasteiger partial charge is 0.480 e. The molecular formula is C23H29N3O5S. The molecule has 1 atom stereocenters. The maximum atomic E-state index is 12.1. The van der Waals surface area contributed by atoms with E-state index in [9.17, 15) is 23.1 Å². The van der Waals surface area contributed by atoms with E-state index in [1.54, 1.807) is 12.1 Å². The van der Waals surface area contributed by atoms with Crippen LogP contribution in [0.1, 0.15) is 38.2 Å². The Bertz CT molecular complexity index is 1050. The number of anilines is 1. The number of urea groups is 1. The van der Waals surface area contributed by atoms with Crippen molar-refractivity contribution in [1.82, 2.24) is 10.0 Å². The Morgan fingerprint density at radius 3 is 2.44 bits per heavy atom. The van der Waals surface area contributed by atoms with Crippen molar-refractivity contribution in [3.05, 3.63) is 54.1 Å². The summed E-state index contributed by atoms with van der Waals surface area (Å²) in [6.45, 7) is 1.88. The lowest BCUT2D eigenvalue weighted by molar-refractivity contribution is -0.138. The van der Waals surface area contributed by atoms with Gasteiger partial charge in [0.15, 0.2) is 0 Å². The van der Waals surface area contributed by atoms with Gasteiger partial charge in [0.2, 0.25) is 10.0 Å². The molecule has 8 nitrogen and oxygen atoms in total. The first-order valence-electron chi connectivity index (χ1n) is 10.8. The molecule has 9 heteroatoms. The first-order chi connectivity index (χ1) is 15.3. The summed E-state index contributed by atoms with van der Waals surface area (Å²) in [5, 5.41) is 15.2. The Morgan fingerprint density at radius 2 is 1.81 bits per heavy atom. The fraction of sp³-hybridized carbons (Fsp3) is 0.391. The van der Waals surface area contributed by atoms with E-state index in [0.29, 0.717) is 24.1 Å². The molecule has 0 bridgehead atoms. The highest BCUT2D eigenvalue weighted by Gasteiger charge is 2.24. The zero-order chi connectivity index (χ0) is 23.1. The molecule has 0 aromatic heterocycles. The van der Waals surface area contributed by atoms with Crippen LogP contribution in [0.2, 0.25) is 0 Å². The Hall–Kier alpha value is -2.91. The molecule has 0 heterocycles. The highest BCUT2D eigenvalue weighted by Crippen LogP contribution is 2.24. The van der Waals surface area contributed by atoms with Crippen LogP contribution in [0.5, 0.6) is 0 Å². The zero-order valence-electron chi connectivity index (χ0n) is 18.0. The van der Waals surface area contributed by atoms with Crippen molar-refractivity contribution in [2.75, 3.05) is 11.1 Å². The summed E-state index contributed by atoms with van der Waals surface area (Å²) in [4.78, 5) is 23.5. The third-order valence-corrected chi connectivity index (χ3v) is 6.62. The quantitative estimate of drug-likeness (QED) is 0.410. The topological polar surface area (TPSA) is 125 Å². The third-order valence-electron chi connectivity index (χ3n) is 5.15. The number of sulfonamides is 1. The number of carboxylic acids is 1. The second kappa shape index (κ2) is 10.6. The average Bonchev–Trinajstić information content (AvgIpc) is 3.56. The van der Waals surface area contributed by atoms with E-state index in [-0.39, 0.29) is 24.2 Å². The summed E-state index contributed by atoms with van der Waals surface area (Å²) in [5.41, 5.74) is 3.18. The highest BCUT2D eigenvalue weighted by molar-refractivity contribution is 7.89. The zero-order valence-corrected chi connectivity index (χ0v) is 18.8. The van der Waals surface area contributed by atoms with Gasteiger partial charge in [-0.25, -0.2) is 17.9 Å². The van der Waals surface area contributed by atoms with Crippen molar-refractivity contribution in [2.45, 2.75) is 51.1 Å². The van der Waals surface area contributed by atoms with E-state index < -0.39 is 22.0 Å². The number of unbranched alkanes of at least 4 members (excludes halogenated alkanes) is 1. The maximum absolute atomic E-state index is 12.1. The van der Waals surface area contributed by atoms with Crippen LogP contribution in [0.15, 0.2) is 48.5 Å². The van der Waals surface area contributed by atoms with Gasteiger partial charge in [-0.1, -0.05) is 49.7 Å². The molecule has 2 aromatic carbocycles. The van der Waals surface area contributed by atoms with Crippen LogP contribution in [0.25, 0.3) is 11.1 Å². The lowest BCUT2D eigenvalue weighted by atomic mass is 10.0. The van der Waals surface area contributed by atoms with E-state index in [4.69, 9.17) is 0 Å². The van der Waals surface area contributed by atoms with Crippen molar-refractivity contribution in [3.63, 3.8) is 0 Å². The van der Waals surface area contributed by atoms with Crippen LogP contribution in [-0.2, 0) is 21.2 Å². The van der Waals surface area contributed by atoms with Crippen LogP contribution >= 0.6 is 0 Å². The van der Waals surface area contributed by atoms with Crippen LogP contribution in [0.4, 0.5) is 10.5 Å². The summed E-state index contributed by atoms with van der Waals surface area (Å²) in [6, 6.07) is 13.5. The van der Waals surface area contributed by atoms with Crippen LogP contribution in [0, 0.1) is 0 Å². The molecule has 1 saturated carbocycles. The Labute approximate surface area is 188 Å². The van der Waals surface area contributed by atoms with Gasteiger partial charge < -0.3 is 15.7 Å². The minimum Gasteiger partial charge on any atom is -0.480 e. The van der Waals surface area contributed by atoms with Crippen LogP contribution in [0.3, 0.4) is 0 Å². The van der Waals surface area contributed by atoms with Crippen molar-refractivity contribution in [2.24, 2.45) is 0 Å². The summed E-state index contributed by atoms with van der Waals surface area (Å²) in [5.74, 6) is -1.30. The molecule has 0 aliphatic heterocycles. The first-order valence-corrected chi connectivity index (χ1v) is 12.4. The minimum atomic E-state index is -3.65. The number of nitrogens with one attached hydrogen (secondary N) is 3. The molecule has 2 amide bonds. The van der Waals surface area contributed by atoms with Gasteiger partial charge in [-0.2, -0.15) is 0 Å². The third kappa shape index (κ3) is 7.35. The number of hydrogen-bond donors (Lipinski definition) is 4. The van der Waals surface area contributed by atoms with Gasteiger partial charge in [0.1, 0.15) is 6.04 Å². The second-order valence-electron chi connectivity index (χ2n) is 8.04. The van der Waals surface area contributed by atoms with Crippen molar-refractivity contribution in [1.29, 1.82) is 0 Å². The summed E-state index contributed by atoms with van der Waals surface area (Å²) < 4.78 is 26.5. The summed E-state index contributed by atoms with van der Waals surface area (Å²) >= 11 is 0. The van der Waals surface area contributed by atoms with E-state index >= 15 is 0 Å². The molecular weight excluding hydrogens is 430 g/mol. The van der Waals surface area contributed by atoms with Gasteiger partial charge in [-0.05, 0) is 54.5 Å².